The van der Waals surface area contributed by atoms with Crippen LogP contribution in [0.5, 0.6) is 0 Å². The van der Waals surface area contributed by atoms with E-state index in [1.807, 2.05) is 30.3 Å². The molecule has 0 saturated heterocycles. The van der Waals surface area contributed by atoms with Gasteiger partial charge in [-0.25, -0.2) is 0 Å². The Hall–Kier alpha value is -1.75. The number of nitrogens with one attached hydrogen (secondary N) is 1. The molecule has 2 nitrogen and oxygen atoms in total. The number of unbranched alkanes of at least 4 members (excludes halogenated alkanes) is 1. The van der Waals surface area contributed by atoms with E-state index in [1.54, 1.807) is 0 Å². The Bertz CT molecular complexity index is 337. The lowest BCUT2D eigenvalue weighted by atomic mass is 10.2. The van der Waals surface area contributed by atoms with Crippen LogP contribution in [-0.2, 0) is 11.3 Å². The predicted molar refractivity (Wildman–Crippen MR) is 61.0 cm³/mol. The van der Waals surface area contributed by atoms with Gasteiger partial charge in [0.2, 0.25) is 5.91 Å². The maximum Gasteiger partial charge on any atom is 0.220 e. The summed E-state index contributed by atoms with van der Waals surface area (Å²) < 4.78 is 0. The Balaban J connectivity index is 2.20. The van der Waals surface area contributed by atoms with Crippen LogP contribution in [0.15, 0.2) is 30.3 Å². The van der Waals surface area contributed by atoms with Gasteiger partial charge < -0.3 is 5.32 Å². The molecule has 0 heterocycles. The van der Waals surface area contributed by atoms with Crippen LogP contribution in [0.1, 0.15) is 24.8 Å². The second-order valence-corrected chi connectivity index (χ2v) is 3.32. The van der Waals surface area contributed by atoms with E-state index < -0.39 is 0 Å². The van der Waals surface area contributed by atoms with E-state index in [1.165, 1.54) is 0 Å². The number of benzene rings is 1. The first-order valence-corrected chi connectivity index (χ1v) is 5.07. The van der Waals surface area contributed by atoms with Gasteiger partial charge in [0.15, 0.2) is 0 Å². The minimum Gasteiger partial charge on any atom is -0.352 e. The first-order valence-electron chi connectivity index (χ1n) is 5.07. The van der Waals surface area contributed by atoms with Crippen LogP contribution in [0, 0.1) is 12.3 Å². The van der Waals surface area contributed by atoms with Crippen molar-refractivity contribution in [1.29, 1.82) is 0 Å². The predicted octanol–water partition coefficient (Wildman–Crippen LogP) is 2.11. The van der Waals surface area contributed by atoms with Gasteiger partial charge in [-0.2, -0.15) is 0 Å². The maximum absolute atomic E-state index is 11.3. The highest BCUT2D eigenvalue weighted by atomic mass is 16.1. The van der Waals surface area contributed by atoms with Crippen molar-refractivity contribution in [1.82, 2.24) is 5.32 Å². The Kier molecular flexibility index (Phi) is 5.03. The van der Waals surface area contributed by atoms with Crippen molar-refractivity contribution >= 4 is 5.91 Å². The van der Waals surface area contributed by atoms with Crippen molar-refractivity contribution in [3.63, 3.8) is 0 Å². The summed E-state index contributed by atoms with van der Waals surface area (Å²) in [6.07, 6.45) is 7.04. The molecule has 0 aromatic heterocycles. The van der Waals surface area contributed by atoms with E-state index in [0.29, 0.717) is 19.4 Å². The highest BCUT2D eigenvalue weighted by molar-refractivity contribution is 5.75. The molecule has 78 valence electrons. The van der Waals surface area contributed by atoms with E-state index in [-0.39, 0.29) is 5.91 Å². The van der Waals surface area contributed by atoms with Gasteiger partial charge in [-0.3, -0.25) is 4.79 Å². The number of carbonyl (C=O) groups excluding carboxylic acids is 1. The van der Waals surface area contributed by atoms with Gasteiger partial charge >= 0.3 is 0 Å². The maximum atomic E-state index is 11.3. The van der Waals surface area contributed by atoms with Gasteiger partial charge in [-0.1, -0.05) is 30.3 Å². The van der Waals surface area contributed by atoms with E-state index in [4.69, 9.17) is 6.42 Å². The van der Waals surface area contributed by atoms with Crippen molar-refractivity contribution in [2.24, 2.45) is 0 Å². The highest BCUT2D eigenvalue weighted by Gasteiger charge is 1.99. The van der Waals surface area contributed by atoms with Gasteiger partial charge in [0.05, 0.1) is 0 Å². The molecule has 0 fully saturated rings. The summed E-state index contributed by atoms with van der Waals surface area (Å²) in [6, 6.07) is 9.85. The molecule has 0 saturated carbocycles. The number of amides is 1. The monoisotopic (exact) mass is 201 g/mol. The zero-order valence-corrected chi connectivity index (χ0v) is 8.70. The molecule has 0 unspecified atom stereocenters. The summed E-state index contributed by atoms with van der Waals surface area (Å²) in [5, 5.41) is 2.85. The van der Waals surface area contributed by atoms with E-state index in [2.05, 4.69) is 11.2 Å². The SMILES string of the molecule is C#CCCCC(=O)NCc1ccccc1. The first-order chi connectivity index (χ1) is 7.33. The van der Waals surface area contributed by atoms with Crippen LogP contribution in [-0.4, -0.2) is 5.91 Å². The molecule has 1 amide bonds. The van der Waals surface area contributed by atoms with E-state index >= 15 is 0 Å². The average molecular weight is 201 g/mol. The number of terminal acetylenes is 1. The molecule has 1 aromatic rings. The normalized spacial score (nSPS) is 9.27. The summed E-state index contributed by atoms with van der Waals surface area (Å²) in [7, 11) is 0. The van der Waals surface area contributed by atoms with Crippen molar-refractivity contribution in [2.75, 3.05) is 0 Å². The molecule has 15 heavy (non-hydrogen) atoms. The fourth-order valence-corrected chi connectivity index (χ4v) is 1.24. The Morgan fingerprint density at radius 3 is 2.73 bits per heavy atom. The summed E-state index contributed by atoms with van der Waals surface area (Å²) in [5.41, 5.74) is 1.11. The molecule has 0 bridgehead atoms. The van der Waals surface area contributed by atoms with Crippen LogP contribution in [0.3, 0.4) is 0 Å². The Morgan fingerprint density at radius 2 is 2.07 bits per heavy atom. The largest absolute Gasteiger partial charge is 0.352 e. The summed E-state index contributed by atoms with van der Waals surface area (Å²) in [6.45, 7) is 0.593. The number of hydrogen-bond donors (Lipinski definition) is 1. The van der Waals surface area contributed by atoms with Gasteiger partial charge in [0.25, 0.3) is 0 Å². The lowest BCUT2D eigenvalue weighted by Crippen LogP contribution is -2.22. The standard InChI is InChI=1S/C13H15NO/c1-2-3-5-10-13(15)14-11-12-8-6-4-7-9-12/h1,4,6-9H,3,5,10-11H2,(H,14,15). The smallest absolute Gasteiger partial charge is 0.220 e. The van der Waals surface area contributed by atoms with Crippen molar-refractivity contribution < 1.29 is 4.79 Å². The second kappa shape index (κ2) is 6.67. The third kappa shape index (κ3) is 4.87. The van der Waals surface area contributed by atoms with Gasteiger partial charge in [-0.05, 0) is 12.0 Å². The van der Waals surface area contributed by atoms with Crippen LogP contribution in [0.2, 0.25) is 0 Å². The zero-order chi connectivity index (χ0) is 10.9. The third-order valence-corrected chi connectivity index (χ3v) is 2.06. The Morgan fingerprint density at radius 1 is 1.33 bits per heavy atom. The zero-order valence-electron chi connectivity index (χ0n) is 8.70. The first kappa shape index (κ1) is 11.3. The number of rotatable bonds is 5. The van der Waals surface area contributed by atoms with Gasteiger partial charge in [0, 0.05) is 19.4 Å². The molecular formula is C13H15NO. The quantitative estimate of drug-likeness (QED) is 0.573. The fraction of sp³-hybridized carbons (Fsp3) is 0.308. The second-order valence-electron chi connectivity index (χ2n) is 3.32. The van der Waals surface area contributed by atoms with Crippen molar-refractivity contribution in [2.45, 2.75) is 25.8 Å². The molecule has 0 spiro atoms. The molecule has 0 atom stereocenters. The van der Waals surface area contributed by atoms with Gasteiger partial charge in [0.1, 0.15) is 0 Å². The van der Waals surface area contributed by atoms with E-state index in [9.17, 15) is 4.79 Å². The average Bonchev–Trinajstić information content (AvgIpc) is 2.28. The Labute approximate surface area is 90.7 Å². The third-order valence-electron chi connectivity index (χ3n) is 2.06. The van der Waals surface area contributed by atoms with Crippen molar-refractivity contribution in [3.05, 3.63) is 35.9 Å². The molecule has 0 aliphatic heterocycles. The molecule has 1 rings (SSSR count). The van der Waals surface area contributed by atoms with Crippen LogP contribution in [0.4, 0.5) is 0 Å². The molecule has 1 aromatic carbocycles. The van der Waals surface area contributed by atoms with Crippen LogP contribution in [0.25, 0.3) is 0 Å². The highest BCUT2D eigenvalue weighted by Crippen LogP contribution is 1.98. The van der Waals surface area contributed by atoms with Crippen LogP contribution >= 0.6 is 0 Å². The fourth-order valence-electron chi connectivity index (χ4n) is 1.24. The topological polar surface area (TPSA) is 29.1 Å². The van der Waals surface area contributed by atoms with Crippen LogP contribution < -0.4 is 5.32 Å². The lowest BCUT2D eigenvalue weighted by molar-refractivity contribution is -0.121. The minimum atomic E-state index is 0.0640. The summed E-state index contributed by atoms with van der Waals surface area (Å²) >= 11 is 0. The lowest BCUT2D eigenvalue weighted by Gasteiger charge is -2.04. The molecule has 2 heteroatoms. The van der Waals surface area contributed by atoms with E-state index in [0.717, 1.165) is 12.0 Å². The van der Waals surface area contributed by atoms with Crippen molar-refractivity contribution in [3.8, 4) is 12.3 Å². The number of carbonyl (C=O) groups is 1. The molecule has 0 aliphatic carbocycles. The molecular weight excluding hydrogens is 186 g/mol. The molecule has 0 radical (unpaired) electrons. The number of hydrogen-bond acceptors (Lipinski definition) is 1. The minimum absolute atomic E-state index is 0.0640. The molecule has 1 N–H and O–H groups in total. The van der Waals surface area contributed by atoms with Gasteiger partial charge in [-0.15, -0.1) is 12.3 Å². The molecule has 0 aliphatic rings. The summed E-state index contributed by atoms with van der Waals surface area (Å²) in [4.78, 5) is 11.3. The summed E-state index contributed by atoms with van der Waals surface area (Å²) in [5.74, 6) is 2.58.